The first-order valence-corrected chi connectivity index (χ1v) is 9.38. The van der Waals surface area contributed by atoms with Crippen LogP contribution >= 0.6 is 0 Å². The van der Waals surface area contributed by atoms with Gasteiger partial charge in [0.1, 0.15) is 0 Å². The smallest absolute Gasteiger partial charge is 0.187 e. The highest BCUT2D eigenvalue weighted by Crippen LogP contribution is 2.38. The van der Waals surface area contributed by atoms with Crippen molar-refractivity contribution in [3.05, 3.63) is 95.1 Å². The van der Waals surface area contributed by atoms with E-state index in [0.29, 0.717) is 17.7 Å². The number of ketones is 1. The Hall–Kier alpha value is -2.53. The number of Topliss-reactive ketones (excluding diaryl/α,β-unsaturated/α-hetero) is 1. The lowest BCUT2D eigenvalue weighted by atomic mass is 9.78. The average Bonchev–Trinajstić information content (AvgIpc) is 2.74. The number of carbonyl (C=O) groups is 1. The predicted molar refractivity (Wildman–Crippen MR) is 106 cm³/mol. The third-order valence-electron chi connectivity index (χ3n) is 5.32. The molecule has 1 aliphatic heterocycles. The summed E-state index contributed by atoms with van der Waals surface area (Å²) in [5.74, 6) is -0.161. The monoisotopic (exact) mass is 360 g/mol. The van der Waals surface area contributed by atoms with Crippen LogP contribution in [0.1, 0.15) is 16.7 Å². The van der Waals surface area contributed by atoms with Crippen LogP contribution in [0.2, 0.25) is 0 Å². The van der Waals surface area contributed by atoms with Gasteiger partial charge in [-0.2, -0.15) is 0 Å². The summed E-state index contributed by atoms with van der Waals surface area (Å²) in [4.78, 5) is 15.1. The van der Waals surface area contributed by atoms with Crippen molar-refractivity contribution >= 4 is 5.78 Å². The van der Waals surface area contributed by atoms with Gasteiger partial charge in [0.15, 0.2) is 11.4 Å². The highest BCUT2D eigenvalue weighted by molar-refractivity contribution is 5.95. The highest BCUT2D eigenvalue weighted by atomic mass is 16.3. The number of benzene rings is 2. The fourth-order valence-electron chi connectivity index (χ4n) is 3.75. The van der Waals surface area contributed by atoms with Crippen molar-refractivity contribution in [2.24, 2.45) is 0 Å². The minimum Gasteiger partial charge on any atom is -0.373 e. The topological polar surface area (TPSA) is 52.6 Å². The fraction of sp³-hybridized carbons (Fsp3) is 0.261. The van der Waals surface area contributed by atoms with Crippen LogP contribution in [0, 0.1) is 0 Å². The van der Waals surface area contributed by atoms with Crippen molar-refractivity contribution in [1.29, 1.82) is 0 Å². The molecule has 1 heterocycles. The molecule has 2 aliphatic rings. The number of hydrogen-bond acceptors (Lipinski definition) is 4. The number of rotatable bonds is 6. The van der Waals surface area contributed by atoms with E-state index in [-0.39, 0.29) is 12.3 Å². The number of nitrogens with zero attached hydrogens (tertiary/aromatic N) is 1. The van der Waals surface area contributed by atoms with Crippen molar-refractivity contribution in [2.75, 3.05) is 19.6 Å². The van der Waals surface area contributed by atoms with Gasteiger partial charge in [-0.3, -0.25) is 9.69 Å². The number of aliphatic hydroxyl groups is 1. The van der Waals surface area contributed by atoms with Crippen molar-refractivity contribution in [1.82, 2.24) is 10.2 Å². The van der Waals surface area contributed by atoms with E-state index >= 15 is 0 Å². The van der Waals surface area contributed by atoms with E-state index in [1.165, 1.54) is 5.56 Å². The Morgan fingerprint density at radius 1 is 1.04 bits per heavy atom. The maximum atomic E-state index is 13.0. The summed E-state index contributed by atoms with van der Waals surface area (Å²) < 4.78 is 0. The molecule has 2 aromatic rings. The van der Waals surface area contributed by atoms with Gasteiger partial charge >= 0.3 is 0 Å². The highest BCUT2D eigenvalue weighted by Gasteiger charge is 2.45. The summed E-state index contributed by atoms with van der Waals surface area (Å²) in [5, 5.41) is 14.8. The van der Waals surface area contributed by atoms with Gasteiger partial charge in [0.05, 0.1) is 6.54 Å². The molecule has 4 rings (SSSR count). The number of fused-ring (bicyclic) bond motifs is 1. The molecule has 0 fully saturated rings. The fourth-order valence-corrected chi connectivity index (χ4v) is 3.75. The molecule has 2 N–H and O–H groups in total. The Kier molecular flexibility index (Phi) is 5.03. The molecule has 0 saturated heterocycles. The van der Waals surface area contributed by atoms with Gasteiger partial charge in [-0.1, -0.05) is 72.8 Å². The Labute approximate surface area is 159 Å². The van der Waals surface area contributed by atoms with Crippen LogP contribution in [0.4, 0.5) is 0 Å². The van der Waals surface area contributed by atoms with Crippen LogP contribution in [0.25, 0.3) is 0 Å². The molecule has 27 heavy (non-hydrogen) atoms. The van der Waals surface area contributed by atoms with Gasteiger partial charge in [0.2, 0.25) is 0 Å². The molecule has 2 aromatic carbocycles. The molecule has 0 aromatic heterocycles. The zero-order valence-electron chi connectivity index (χ0n) is 15.3. The minimum atomic E-state index is -1.53. The average molecular weight is 360 g/mol. The van der Waals surface area contributed by atoms with Crippen molar-refractivity contribution in [3.8, 4) is 0 Å². The molecule has 0 amide bonds. The van der Waals surface area contributed by atoms with E-state index < -0.39 is 5.60 Å². The molecule has 1 atom stereocenters. The molecule has 138 valence electrons. The van der Waals surface area contributed by atoms with Gasteiger partial charge in [0.25, 0.3) is 0 Å². The summed E-state index contributed by atoms with van der Waals surface area (Å²) in [6, 6.07) is 18.0. The van der Waals surface area contributed by atoms with Crippen LogP contribution in [-0.4, -0.2) is 35.4 Å². The molecule has 1 unspecified atom stereocenters. The second-order valence-electron chi connectivity index (χ2n) is 7.14. The Bertz CT molecular complexity index is 888. The lowest BCUT2D eigenvalue weighted by molar-refractivity contribution is -0.135. The standard InChI is InChI=1S/C23H24N2O2/c26-22-17-25(14-13-24-15-18-7-2-1-3-8-18)16-19-9-4-5-12-21(19)23(22,27)20-10-6-11-20/h1-12,24,27H,13-17H2. The summed E-state index contributed by atoms with van der Waals surface area (Å²) in [5.41, 5.74) is 2.12. The lowest BCUT2D eigenvalue weighted by Gasteiger charge is -2.30. The third-order valence-corrected chi connectivity index (χ3v) is 5.32. The van der Waals surface area contributed by atoms with Gasteiger partial charge in [-0.05, 0) is 16.7 Å². The maximum absolute atomic E-state index is 13.0. The summed E-state index contributed by atoms with van der Waals surface area (Å²) in [6.45, 7) is 3.24. The quantitative estimate of drug-likeness (QED) is 0.778. The first-order chi connectivity index (χ1) is 13.2. The Morgan fingerprint density at radius 2 is 1.78 bits per heavy atom. The van der Waals surface area contributed by atoms with Crippen molar-refractivity contribution in [2.45, 2.75) is 18.7 Å². The van der Waals surface area contributed by atoms with E-state index in [4.69, 9.17) is 0 Å². The molecule has 1 aliphatic carbocycles. The summed E-state index contributed by atoms with van der Waals surface area (Å²) in [6.07, 6.45) is 5.51. The second kappa shape index (κ2) is 7.61. The molecule has 4 nitrogen and oxygen atoms in total. The molecule has 0 spiro atoms. The van der Waals surface area contributed by atoms with Crippen LogP contribution in [-0.2, 0) is 23.5 Å². The molecule has 0 radical (unpaired) electrons. The van der Waals surface area contributed by atoms with Crippen LogP contribution < -0.4 is 5.32 Å². The first-order valence-electron chi connectivity index (χ1n) is 9.38. The first kappa shape index (κ1) is 17.9. The van der Waals surface area contributed by atoms with E-state index in [0.717, 1.165) is 25.2 Å². The second-order valence-corrected chi connectivity index (χ2v) is 7.14. The van der Waals surface area contributed by atoms with Crippen molar-refractivity contribution in [3.63, 3.8) is 0 Å². The normalized spacial score (nSPS) is 22.0. The van der Waals surface area contributed by atoms with Crippen molar-refractivity contribution < 1.29 is 9.90 Å². The lowest BCUT2D eigenvalue weighted by Crippen LogP contribution is -2.43. The van der Waals surface area contributed by atoms with Crippen LogP contribution in [0.15, 0.2) is 78.4 Å². The van der Waals surface area contributed by atoms with Crippen LogP contribution in [0.5, 0.6) is 0 Å². The largest absolute Gasteiger partial charge is 0.373 e. The Balaban J connectivity index is 1.45. The Morgan fingerprint density at radius 3 is 2.52 bits per heavy atom. The SMILES string of the molecule is O=C1CN(CCNCc2ccccc2)Cc2ccccc2C1(O)C1=CC=C1. The van der Waals surface area contributed by atoms with E-state index in [2.05, 4.69) is 22.3 Å². The van der Waals surface area contributed by atoms with Crippen LogP contribution in [0.3, 0.4) is 0 Å². The number of nitrogens with one attached hydrogen (secondary N) is 1. The number of allylic oxidation sites excluding steroid dienone is 2. The molecule has 0 saturated carbocycles. The van der Waals surface area contributed by atoms with Gasteiger partial charge < -0.3 is 10.4 Å². The molecule has 4 heteroatoms. The third kappa shape index (κ3) is 3.52. The zero-order valence-corrected chi connectivity index (χ0v) is 15.3. The zero-order chi connectivity index (χ0) is 18.7. The molecular weight excluding hydrogens is 336 g/mol. The minimum absolute atomic E-state index is 0.161. The number of carbonyl (C=O) groups excluding carboxylic acids is 1. The van der Waals surface area contributed by atoms with Gasteiger partial charge in [0, 0.05) is 31.7 Å². The maximum Gasteiger partial charge on any atom is 0.187 e. The molecular formula is C23H24N2O2. The molecule has 0 bridgehead atoms. The summed E-state index contributed by atoms with van der Waals surface area (Å²) in [7, 11) is 0. The van der Waals surface area contributed by atoms with E-state index in [1.54, 1.807) is 0 Å². The van der Waals surface area contributed by atoms with Gasteiger partial charge in [-0.15, -0.1) is 0 Å². The van der Waals surface area contributed by atoms with E-state index in [1.807, 2.05) is 60.7 Å². The van der Waals surface area contributed by atoms with Gasteiger partial charge in [-0.25, -0.2) is 0 Å². The summed E-state index contributed by atoms with van der Waals surface area (Å²) >= 11 is 0. The predicted octanol–water partition coefficient (Wildman–Crippen LogP) is 2.54. The van der Waals surface area contributed by atoms with E-state index in [9.17, 15) is 9.90 Å². The number of hydrogen-bond donors (Lipinski definition) is 2.